The molecular formula is C10H15ClN2O3. The van der Waals surface area contributed by atoms with Crippen LogP contribution in [-0.2, 0) is 11.3 Å². The summed E-state index contributed by atoms with van der Waals surface area (Å²) in [6, 6.07) is 3.49. The number of rotatable bonds is 6. The molecule has 0 aromatic carbocycles. The van der Waals surface area contributed by atoms with E-state index in [2.05, 4.69) is 10.6 Å². The number of halogens is 1. The fourth-order valence-electron chi connectivity index (χ4n) is 1.09. The van der Waals surface area contributed by atoms with Gasteiger partial charge < -0.3 is 19.8 Å². The monoisotopic (exact) mass is 246 g/mol. The first kappa shape index (κ1) is 12.9. The molecule has 0 unspecified atom stereocenters. The van der Waals surface area contributed by atoms with E-state index in [-0.39, 0.29) is 0 Å². The van der Waals surface area contributed by atoms with Gasteiger partial charge in [0.15, 0.2) is 5.22 Å². The van der Waals surface area contributed by atoms with E-state index in [9.17, 15) is 4.79 Å². The van der Waals surface area contributed by atoms with E-state index in [1.54, 1.807) is 19.1 Å². The van der Waals surface area contributed by atoms with Gasteiger partial charge in [-0.2, -0.15) is 0 Å². The lowest BCUT2D eigenvalue weighted by molar-refractivity contribution is 0.152. The first-order valence-electron chi connectivity index (χ1n) is 5.08. The third-order valence-corrected chi connectivity index (χ3v) is 1.98. The van der Waals surface area contributed by atoms with Gasteiger partial charge in [-0.15, -0.1) is 0 Å². The van der Waals surface area contributed by atoms with Crippen molar-refractivity contribution in [3.05, 3.63) is 23.1 Å². The molecule has 1 aromatic rings. The Kier molecular flexibility index (Phi) is 5.74. The fraction of sp³-hybridized carbons (Fsp3) is 0.500. The SMILES string of the molecule is CCOC(=O)NCCNCc1ccc(Cl)o1. The van der Waals surface area contributed by atoms with Crippen LogP contribution in [0.2, 0.25) is 5.22 Å². The van der Waals surface area contributed by atoms with Crippen molar-refractivity contribution in [1.82, 2.24) is 10.6 Å². The Morgan fingerprint density at radius 2 is 2.31 bits per heavy atom. The summed E-state index contributed by atoms with van der Waals surface area (Å²) in [4.78, 5) is 10.9. The van der Waals surface area contributed by atoms with E-state index in [1.807, 2.05) is 0 Å². The number of nitrogens with one attached hydrogen (secondary N) is 2. The van der Waals surface area contributed by atoms with Gasteiger partial charge in [-0.25, -0.2) is 4.79 Å². The Hall–Kier alpha value is -1.20. The highest BCUT2D eigenvalue weighted by molar-refractivity contribution is 6.28. The summed E-state index contributed by atoms with van der Waals surface area (Å²) in [5.41, 5.74) is 0. The fourth-order valence-corrected chi connectivity index (χ4v) is 1.26. The normalized spacial score (nSPS) is 10.1. The average Bonchev–Trinajstić information content (AvgIpc) is 2.64. The number of carbonyl (C=O) groups is 1. The van der Waals surface area contributed by atoms with E-state index in [0.717, 1.165) is 5.76 Å². The van der Waals surface area contributed by atoms with Crippen molar-refractivity contribution in [3.63, 3.8) is 0 Å². The molecule has 0 spiro atoms. The molecule has 0 saturated heterocycles. The van der Waals surface area contributed by atoms with Crippen LogP contribution in [0, 0.1) is 0 Å². The van der Waals surface area contributed by atoms with Crippen molar-refractivity contribution < 1.29 is 13.9 Å². The molecule has 1 heterocycles. The van der Waals surface area contributed by atoms with Crippen molar-refractivity contribution in [2.75, 3.05) is 19.7 Å². The van der Waals surface area contributed by atoms with Gasteiger partial charge in [0.2, 0.25) is 0 Å². The zero-order chi connectivity index (χ0) is 11.8. The second-order valence-corrected chi connectivity index (χ2v) is 3.40. The van der Waals surface area contributed by atoms with Crippen LogP contribution in [0.25, 0.3) is 0 Å². The minimum atomic E-state index is -0.398. The van der Waals surface area contributed by atoms with Crippen molar-refractivity contribution >= 4 is 17.7 Å². The second kappa shape index (κ2) is 7.14. The Morgan fingerprint density at radius 1 is 1.50 bits per heavy atom. The van der Waals surface area contributed by atoms with E-state index < -0.39 is 6.09 Å². The van der Waals surface area contributed by atoms with Crippen molar-refractivity contribution in [2.45, 2.75) is 13.5 Å². The number of amides is 1. The topological polar surface area (TPSA) is 63.5 Å². The number of furan rings is 1. The van der Waals surface area contributed by atoms with Crippen molar-refractivity contribution in [3.8, 4) is 0 Å². The van der Waals surface area contributed by atoms with E-state index in [1.165, 1.54) is 0 Å². The molecule has 1 aromatic heterocycles. The summed E-state index contributed by atoms with van der Waals surface area (Å²) >= 11 is 5.61. The van der Waals surface area contributed by atoms with Gasteiger partial charge in [0.05, 0.1) is 13.2 Å². The maximum absolute atomic E-state index is 10.9. The molecule has 0 fully saturated rings. The van der Waals surface area contributed by atoms with E-state index in [0.29, 0.717) is 31.5 Å². The lowest BCUT2D eigenvalue weighted by atomic mass is 10.4. The van der Waals surface area contributed by atoms with Gasteiger partial charge in [-0.05, 0) is 30.7 Å². The van der Waals surface area contributed by atoms with Crippen LogP contribution in [0.15, 0.2) is 16.5 Å². The van der Waals surface area contributed by atoms with Crippen LogP contribution in [0.5, 0.6) is 0 Å². The van der Waals surface area contributed by atoms with E-state index >= 15 is 0 Å². The minimum absolute atomic E-state index is 0.376. The number of hydrogen-bond donors (Lipinski definition) is 2. The Balaban J connectivity index is 2.02. The molecule has 0 aliphatic rings. The Morgan fingerprint density at radius 3 is 2.94 bits per heavy atom. The van der Waals surface area contributed by atoms with Crippen LogP contribution in [0.1, 0.15) is 12.7 Å². The smallest absolute Gasteiger partial charge is 0.407 e. The zero-order valence-corrected chi connectivity index (χ0v) is 9.84. The molecule has 1 amide bonds. The first-order valence-corrected chi connectivity index (χ1v) is 5.45. The lowest BCUT2D eigenvalue weighted by Gasteiger charge is -2.05. The second-order valence-electron chi connectivity index (χ2n) is 3.03. The molecule has 0 saturated carbocycles. The Bertz CT molecular complexity index is 328. The van der Waals surface area contributed by atoms with Crippen LogP contribution in [0.3, 0.4) is 0 Å². The highest BCUT2D eigenvalue weighted by atomic mass is 35.5. The van der Waals surface area contributed by atoms with Gasteiger partial charge >= 0.3 is 6.09 Å². The molecule has 2 N–H and O–H groups in total. The first-order chi connectivity index (χ1) is 7.72. The van der Waals surface area contributed by atoms with Crippen molar-refractivity contribution in [2.24, 2.45) is 0 Å². The summed E-state index contributed by atoms with van der Waals surface area (Å²) in [6.07, 6.45) is -0.398. The molecule has 0 radical (unpaired) electrons. The highest BCUT2D eigenvalue weighted by Gasteiger charge is 2.00. The molecule has 0 aliphatic heterocycles. The highest BCUT2D eigenvalue weighted by Crippen LogP contribution is 2.12. The number of carbonyl (C=O) groups excluding carboxylic acids is 1. The minimum Gasteiger partial charge on any atom is -0.450 e. The molecule has 0 bridgehead atoms. The number of alkyl carbamates (subject to hydrolysis) is 1. The third kappa shape index (κ3) is 5.04. The molecule has 16 heavy (non-hydrogen) atoms. The predicted molar refractivity (Wildman–Crippen MR) is 60.4 cm³/mol. The van der Waals surface area contributed by atoms with Gasteiger partial charge in [-0.1, -0.05) is 0 Å². The molecule has 6 heteroatoms. The van der Waals surface area contributed by atoms with Gasteiger partial charge in [0.1, 0.15) is 5.76 Å². The Labute approximate surface area is 99.1 Å². The molecular weight excluding hydrogens is 232 g/mol. The summed E-state index contributed by atoms with van der Waals surface area (Å²) in [5, 5.41) is 6.06. The summed E-state index contributed by atoms with van der Waals surface area (Å²) in [7, 11) is 0. The van der Waals surface area contributed by atoms with Crippen LogP contribution < -0.4 is 10.6 Å². The maximum atomic E-state index is 10.9. The van der Waals surface area contributed by atoms with Gasteiger partial charge in [0.25, 0.3) is 0 Å². The van der Waals surface area contributed by atoms with Gasteiger partial charge in [-0.3, -0.25) is 0 Å². The summed E-state index contributed by atoms with van der Waals surface area (Å²) in [6.45, 7) is 3.87. The van der Waals surface area contributed by atoms with E-state index in [4.69, 9.17) is 20.8 Å². The van der Waals surface area contributed by atoms with Crippen LogP contribution in [-0.4, -0.2) is 25.8 Å². The molecule has 5 nitrogen and oxygen atoms in total. The summed E-state index contributed by atoms with van der Waals surface area (Å²) < 4.78 is 9.84. The van der Waals surface area contributed by atoms with Crippen LogP contribution >= 0.6 is 11.6 Å². The molecule has 0 aliphatic carbocycles. The number of hydrogen-bond acceptors (Lipinski definition) is 4. The largest absolute Gasteiger partial charge is 0.450 e. The summed E-state index contributed by atoms with van der Waals surface area (Å²) in [5.74, 6) is 0.765. The average molecular weight is 247 g/mol. The maximum Gasteiger partial charge on any atom is 0.407 e. The molecule has 1 rings (SSSR count). The third-order valence-electron chi connectivity index (χ3n) is 1.77. The molecule has 0 atom stereocenters. The molecule has 90 valence electrons. The van der Waals surface area contributed by atoms with Crippen molar-refractivity contribution in [1.29, 1.82) is 0 Å². The lowest BCUT2D eigenvalue weighted by Crippen LogP contribution is -2.31. The zero-order valence-electron chi connectivity index (χ0n) is 9.09. The number of ether oxygens (including phenoxy) is 1. The standard InChI is InChI=1S/C10H15ClN2O3/c1-2-15-10(14)13-6-5-12-7-8-3-4-9(11)16-8/h3-4,12H,2,5-7H2,1H3,(H,13,14). The van der Waals surface area contributed by atoms with Gasteiger partial charge in [0, 0.05) is 13.1 Å². The predicted octanol–water partition coefficient (Wildman–Crippen LogP) is 1.77. The van der Waals surface area contributed by atoms with Crippen LogP contribution in [0.4, 0.5) is 4.79 Å². The quantitative estimate of drug-likeness (QED) is 0.751.